The first kappa shape index (κ1) is 9.24. The van der Waals surface area contributed by atoms with E-state index in [1.165, 1.54) is 25.3 Å². The lowest BCUT2D eigenvalue weighted by Crippen LogP contribution is -2.16. The Morgan fingerprint density at radius 1 is 1.36 bits per heavy atom. The second-order valence-electron chi connectivity index (χ2n) is 3.89. The number of rotatable bonds is 1. The number of nitrogens with zero attached hydrogens (tertiary/aromatic N) is 1. The first-order chi connectivity index (χ1) is 6.75. The van der Waals surface area contributed by atoms with Gasteiger partial charge in [0.15, 0.2) is 0 Å². The topological polar surface area (TPSA) is 71.8 Å². The maximum atomic E-state index is 11.2. The smallest absolute Gasteiger partial charge is 0.252 e. The van der Waals surface area contributed by atoms with Crippen LogP contribution in [-0.2, 0) is 0 Å². The van der Waals surface area contributed by atoms with Gasteiger partial charge in [-0.25, -0.2) is 4.98 Å². The number of anilines is 1. The molecule has 0 radical (unpaired) electrons. The molecule has 0 bridgehead atoms. The molecule has 2 rings (SSSR count). The van der Waals surface area contributed by atoms with E-state index in [0.717, 1.165) is 18.7 Å². The number of nitrogens with one attached hydrogen (secondary N) is 1. The van der Waals surface area contributed by atoms with Gasteiger partial charge in [0.2, 0.25) is 0 Å². The molecule has 0 atom stereocenters. The van der Waals surface area contributed by atoms with Crippen LogP contribution in [-0.4, -0.2) is 9.97 Å². The van der Waals surface area contributed by atoms with Gasteiger partial charge in [-0.15, -0.1) is 0 Å². The number of nitrogens with two attached hydrogens (primary N) is 1. The maximum Gasteiger partial charge on any atom is 0.252 e. The zero-order valence-electron chi connectivity index (χ0n) is 8.12. The van der Waals surface area contributed by atoms with Crippen LogP contribution in [0.15, 0.2) is 10.9 Å². The van der Waals surface area contributed by atoms with Crippen LogP contribution >= 0.6 is 0 Å². The van der Waals surface area contributed by atoms with Crippen molar-refractivity contribution in [2.75, 3.05) is 5.73 Å². The van der Waals surface area contributed by atoms with Gasteiger partial charge in [0.1, 0.15) is 11.6 Å². The van der Waals surface area contributed by atoms with Gasteiger partial charge in [0.25, 0.3) is 5.56 Å². The van der Waals surface area contributed by atoms with Crippen molar-refractivity contribution in [1.29, 1.82) is 0 Å². The lowest BCUT2D eigenvalue weighted by atomic mass is 9.89. The van der Waals surface area contributed by atoms with E-state index >= 15 is 0 Å². The maximum absolute atomic E-state index is 11.2. The molecule has 1 saturated carbocycles. The number of aromatic nitrogens is 2. The Kier molecular flexibility index (Phi) is 2.52. The molecule has 14 heavy (non-hydrogen) atoms. The Morgan fingerprint density at radius 3 is 2.71 bits per heavy atom. The average Bonchev–Trinajstić information content (AvgIpc) is 2.18. The van der Waals surface area contributed by atoms with Gasteiger partial charge in [0.05, 0.1) is 0 Å². The second-order valence-corrected chi connectivity index (χ2v) is 3.89. The molecule has 0 saturated heterocycles. The van der Waals surface area contributed by atoms with Crippen LogP contribution in [0.2, 0.25) is 0 Å². The predicted molar refractivity (Wildman–Crippen MR) is 55.1 cm³/mol. The molecule has 1 fully saturated rings. The molecule has 0 unspecified atom stereocenters. The van der Waals surface area contributed by atoms with Crippen molar-refractivity contribution in [1.82, 2.24) is 9.97 Å². The molecule has 4 nitrogen and oxygen atoms in total. The van der Waals surface area contributed by atoms with Crippen LogP contribution in [0.25, 0.3) is 0 Å². The fraction of sp³-hybridized carbons (Fsp3) is 0.600. The van der Waals surface area contributed by atoms with Crippen molar-refractivity contribution in [2.24, 2.45) is 0 Å². The summed E-state index contributed by atoms with van der Waals surface area (Å²) in [6.45, 7) is 0. The van der Waals surface area contributed by atoms with Gasteiger partial charge in [-0.1, -0.05) is 19.3 Å². The minimum Gasteiger partial charge on any atom is -0.383 e. The fourth-order valence-corrected chi connectivity index (χ4v) is 2.07. The summed E-state index contributed by atoms with van der Waals surface area (Å²) in [6.07, 6.45) is 5.98. The number of H-pyrrole nitrogens is 1. The van der Waals surface area contributed by atoms with Gasteiger partial charge < -0.3 is 10.7 Å². The van der Waals surface area contributed by atoms with E-state index in [0.29, 0.717) is 11.7 Å². The average molecular weight is 193 g/mol. The summed E-state index contributed by atoms with van der Waals surface area (Å²) in [5, 5.41) is 0. The zero-order chi connectivity index (χ0) is 9.97. The summed E-state index contributed by atoms with van der Waals surface area (Å²) in [5.74, 6) is 1.50. The lowest BCUT2D eigenvalue weighted by molar-refractivity contribution is 0.428. The molecule has 1 aliphatic carbocycles. The molecular weight excluding hydrogens is 178 g/mol. The molecule has 76 valence electrons. The molecule has 0 amide bonds. The van der Waals surface area contributed by atoms with Crippen LogP contribution in [0.1, 0.15) is 43.8 Å². The van der Waals surface area contributed by atoms with Gasteiger partial charge in [-0.05, 0) is 12.8 Å². The first-order valence-corrected chi connectivity index (χ1v) is 5.12. The molecule has 3 N–H and O–H groups in total. The Balaban J connectivity index is 2.26. The lowest BCUT2D eigenvalue weighted by Gasteiger charge is -2.20. The second kappa shape index (κ2) is 3.82. The van der Waals surface area contributed by atoms with Crippen LogP contribution in [0.3, 0.4) is 0 Å². The third-order valence-corrected chi connectivity index (χ3v) is 2.77. The number of nitrogen functional groups attached to an aromatic ring is 1. The summed E-state index contributed by atoms with van der Waals surface area (Å²) in [6, 6.07) is 1.33. The Morgan fingerprint density at radius 2 is 2.07 bits per heavy atom. The van der Waals surface area contributed by atoms with E-state index in [2.05, 4.69) is 9.97 Å². The van der Waals surface area contributed by atoms with Crippen LogP contribution in [0.5, 0.6) is 0 Å². The SMILES string of the molecule is Nc1cc(=O)[nH]c(C2CCCCC2)n1. The van der Waals surface area contributed by atoms with Gasteiger partial charge in [-0.3, -0.25) is 4.79 Å². The Bertz CT molecular complexity index is 366. The van der Waals surface area contributed by atoms with E-state index in [9.17, 15) is 4.79 Å². The minimum absolute atomic E-state index is 0.141. The van der Waals surface area contributed by atoms with Crippen LogP contribution in [0.4, 0.5) is 5.82 Å². The van der Waals surface area contributed by atoms with Gasteiger partial charge in [0, 0.05) is 12.0 Å². The molecule has 1 aromatic heterocycles. The highest BCUT2D eigenvalue weighted by atomic mass is 16.1. The van der Waals surface area contributed by atoms with Crippen molar-refractivity contribution >= 4 is 5.82 Å². The summed E-state index contributed by atoms with van der Waals surface area (Å²) in [4.78, 5) is 18.1. The van der Waals surface area contributed by atoms with E-state index in [1.807, 2.05) is 0 Å². The van der Waals surface area contributed by atoms with E-state index in [4.69, 9.17) is 5.73 Å². The first-order valence-electron chi connectivity index (χ1n) is 5.12. The van der Waals surface area contributed by atoms with E-state index < -0.39 is 0 Å². The van der Waals surface area contributed by atoms with Gasteiger partial charge in [-0.2, -0.15) is 0 Å². The third kappa shape index (κ3) is 1.95. The molecule has 1 heterocycles. The molecule has 0 spiro atoms. The highest BCUT2D eigenvalue weighted by Gasteiger charge is 2.17. The molecule has 1 aromatic rings. The number of aromatic amines is 1. The standard InChI is InChI=1S/C10H15N3O/c11-8-6-9(14)13-10(12-8)7-4-2-1-3-5-7/h6-7H,1-5H2,(H3,11,12,13,14). The van der Waals surface area contributed by atoms with Crippen molar-refractivity contribution in [2.45, 2.75) is 38.0 Å². The van der Waals surface area contributed by atoms with Crippen molar-refractivity contribution in [3.8, 4) is 0 Å². The molecule has 0 aromatic carbocycles. The zero-order valence-corrected chi connectivity index (χ0v) is 8.12. The van der Waals surface area contributed by atoms with Crippen molar-refractivity contribution in [3.63, 3.8) is 0 Å². The Labute approximate surface area is 82.6 Å². The largest absolute Gasteiger partial charge is 0.383 e. The van der Waals surface area contributed by atoms with Crippen molar-refractivity contribution in [3.05, 3.63) is 22.2 Å². The van der Waals surface area contributed by atoms with E-state index in [-0.39, 0.29) is 5.56 Å². The number of hydrogen-bond acceptors (Lipinski definition) is 3. The molecule has 1 aliphatic rings. The number of hydrogen-bond donors (Lipinski definition) is 2. The predicted octanol–water partition coefficient (Wildman–Crippen LogP) is 1.40. The molecular formula is C10H15N3O. The monoisotopic (exact) mass is 193 g/mol. The highest BCUT2D eigenvalue weighted by molar-refractivity contribution is 5.26. The normalized spacial score (nSPS) is 18.3. The molecule has 4 heteroatoms. The Hall–Kier alpha value is -1.32. The highest BCUT2D eigenvalue weighted by Crippen LogP contribution is 2.30. The van der Waals surface area contributed by atoms with Gasteiger partial charge >= 0.3 is 0 Å². The third-order valence-electron chi connectivity index (χ3n) is 2.77. The fourth-order valence-electron chi connectivity index (χ4n) is 2.07. The summed E-state index contributed by atoms with van der Waals surface area (Å²) < 4.78 is 0. The summed E-state index contributed by atoms with van der Waals surface area (Å²) >= 11 is 0. The van der Waals surface area contributed by atoms with Crippen LogP contribution < -0.4 is 11.3 Å². The van der Waals surface area contributed by atoms with Crippen molar-refractivity contribution < 1.29 is 0 Å². The summed E-state index contributed by atoms with van der Waals surface area (Å²) in [7, 11) is 0. The van der Waals surface area contributed by atoms with E-state index in [1.54, 1.807) is 0 Å². The summed E-state index contributed by atoms with van der Waals surface area (Å²) in [5.41, 5.74) is 5.39. The quantitative estimate of drug-likeness (QED) is 0.708. The minimum atomic E-state index is -0.141. The molecule has 0 aliphatic heterocycles. The van der Waals surface area contributed by atoms with Crippen LogP contribution in [0, 0.1) is 0 Å².